The zero-order valence-corrected chi connectivity index (χ0v) is 18.2. The SMILES string of the molecule is CCC#Cc1cccc(O[Si](c2ccccc2)(c2ccccc2)C(C)(C)C)c1. The summed E-state index contributed by atoms with van der Waals surface area (Å²) in [5.74, 6) is 7.26. The van der Waals surface area contributed by atoms with Crippen LogP contribution in [0.2, 0.25) is 5.04 Å². The smallest absolute Gasteiger partial charge is 0.319 e. The van der Waals surface area contributed by atoms with Gasteiger partial charge in [-0.2, -0.15) is 0 Å². The molecule has 0 fully saturated rings. The van der Waals surface area contributed by atoms with Crippen molar-refractivity contribution in [2.45, 2.75) is 39.2 Å². The molecule has 3 aromatic rings. The Hall–Kier alpha value is -2.76. The van der Waals surface area contributed by atoms with Crippen molar-refractivity contribution in [1.82, 2.24) is 0 Å². The Labute approximate surface area is 170 Å². The molecule has 0 aliphatic rings. The number of hydrogen-bond donors (Lipinski definition) is 0. The minimum atomic E-state index is -2.59. The average Bonchev–Trinajstić information content (AvgIpc) is 2.71. The summed E-state index contributed by atoms with van der Waals surface area (Å²) in [6.45, 7) is 8.94. The highest BCUT2D eigenvalue weighted by Gasteiger charge is 2.52. The van der Waals surface area contributed by atoms with E-state index in [9.17, 15) is 0 Å². The minimum Gasteiger partial charge on any atom is -0.534 e. The molecule has 3 rings (SSSR count). The van der Waals surface area contributed by atoms with Crippen LogP contribution in [0.4, 0.5) is 0 Å². The van der Waals surface area contributed by atoms with Crippen molar-refractivity contribution in [2.24, 2.45) is 0 Å². The van der Waals surface area contributed by atoms with Gasteiger partial charge >= 0.3 is 8.32 Å². The van der Waals surface area contributed by atoms with Gasteiger partial charge in [0.2, 0.25) is 0 Å². The first kappa shape index (κ1) is 20.0. The second-order valence-electron chi connectivity index (χ2n) is 7.95. The van der Waals surface area contributed by atoms with E-state index in [1.807, 2.05) is 12.1 Å². The van der Waals surface area contributed by atoms with Crippen LogP contribution < -0.4 is 14.8 Å². The van der Waals surface area contributed by atoms with Crippen LogP contribution in [0.3, 0.4) is 0 Å². The van der Waals surface area contributed by atoms with Gasteiger partial charge in [-0.3, -0.25) is 0 Å². The van der Waals surface area contributed by atoms with Crippen LogP contribution in [0.5, 0.6) is 5.75 Å². The lowest BCUT2D eigenvalue weighted by Crippen LogP contribution is -2.68. The standard InChI is InChI=1S/C26H28OSi/c1-5-6-14-22-15-13-16-23(21-22)27-28(26(2,3)4,24-17-9-7-10-18-24)25-19-11-8-12-20-25/h7-13,15-21H,5H2,1-4H3. The van der Waals surface area contributed by atoms with Gasteiger partial charge in [-0.15, -0.1) is 0 Å². The van der Waals surface area contributed by atoms with Crippen molar-refractivity contribution in [2.75, 3.05) is 0 Å². The molecule has 0 bridgehead atoms. The highest BCUT2D eigenvalue weighted by atomic mass is 28.4. The molecule has 28 heavy (non-hydrogen) atoms. The fraction of sp³-hybridized carbons (Fsp3) is 0.231. The molecule has 2 heteroatoms. The second-order valence-corrected chi connectivity index (χ2v) is 12.2. The molecule has 0 aliphatic carbocycles. The van der Waals surface area contributed by atoms with E-state index in [1.54, 1.807) is 0 Å². The van der Waals surface area contributed by atoms with Gasteiger partial charge in [-0.1, -0.05) is 106 Å². The first-order chi connectivity index (χ1) is 13.5. The second kappa shape index (κ2) is 8.50. The van der Waals surface area contributed by atoms with Crippen LogP contribution in [-0.4, -0.2) is 8.32 Å². The van der Waals surface area contributed by atoms with E-state index < -0.39 is 8.32 Å². The van der Waals surface area contributed by atoms with E-state index in [1.165, 1.54) is 10.4 Å². The molecule has 0 atom stereocenters. The van der Waals surface area contributed by atoms with Gasteiger partial charge in [0, 0.05) is 12.0 Å². The highest BCUT2D eigenvalue weighted by Crippen LogP contribution is 2.37. The van der Waals surface area contributed by atoms with Gasteiger partial charge in [-0.25, -0.2) is 0 Å². The maximum atomic E-state index is 7.03. The summed E-state index contributed by atoms with van der Waals surface area (Å²) in [4.78, 5) is 0. The van der Waals surface area contributed by atoms with Crippen molar-refractivity contribution in [3.63, 3.8) is 0 Å². The van der Waals surface area contributed by atoms with Crippen LogP contribution in [0.25, 0.3) is 0 Å². The molecule has 0 unspecified atom stereocenters. The molecule has 0 radical (unpaired) electrons. The molecule has 0 N–H and O–H groups in total. The normalized spacial score (nSPS) is 11.4. The average molecular weight is 385 g/mol. The van der Waals surface area contributed by atoms with Gasteiger partial charge < -0.3 is 4.43 Å². The lowest BCUT2D eigenvalue weighted by Gasteiger charge is -2.43. The van der Waals surface area contributed by atoms with Crippen LogP contribution in [0.1, 0.15) is 39.7 Å². The molecule has 1 nitrogen and oxygen atoms in total. The molecule has 0 amide bonds. The molecule has 0 saturated carbocycles. The largest absolute Gasteiger partial charge is 0.534 e. The Morgan fingerprint density at radius 2 is 1.36 bits per heavy atom. The Balaban J connectivity index is 2.20. The Bertz CT molecular complexity index is 920. The third kappa shape index (κ3) is 4.05. The lowest BCUT2D eigenvalue weighted by molar-refractivity contribution is 0.508. The van der Waals surface area contributed by atoms with Crippen molar-refractivity contribution in [3.8, 4) is 17.6 Å². The summed E-state index contributed by atoms with van der Waals surface area (Å²) < 4.78 is 7.03. The molecular weight excluding hydrogens is 356 g/mol. The zero-order valence-electron chi connectivity index (χ0n) is 17.2. The van der Waals surface area contributed by atoms with Crippen molar-refractivity contribution in [3.05, 3.63) is 90.5 Å². The third-order valence-corrected chi connectivity index (χ3v) is 9.88. The topological polar surface area (TPSA) is 9.23 Å². The summed E-state index contributed by atoms with van der Waals surface area (Å²) in [5, 5.41) is 2.50. The molecular formula is C26H28OSi. The van der Waals surface area contributed by atoms with Crippen molar-refractivity contribution in [1.29, 1.82) is 0 Å². The fourth-order valence-electron chi connectivity index (χ4n) is 3.65. The van der Waals surface area contributed by atoms with Crippen molar-refractivity contribution < 1.29 is 4.43 Å². The molecule has 0 saturated heterocycles. The summed E-state index contributed by atoms with van der Waals surface area (Å²) in [6, 6.07) is 29.6. The summed E-state index contributed by atoms with van der Waals surface area (Å²) >= 11 is 0. The summed E-state index contributed by atoms with van der Waals surface area (Å²) in [6.07, 6.45) is 0.847. The molecule has 0 spiro atoms. The Kier molecular flexibility index (Phi) is 6.07. The molecule has 3 aromatic carbocycles. The van der Waals surface area contributed by atoms with E-state index in [0.29, 0.717) is 0 Å². The fourth-order valence-corrected chi connectivity index (χ4v) is 8.07. The van der Waals surface area contributed by atoms with E-state index in [-0.39, 0.29) is 5.04 Å². The first-order valence-corrected chi connectivity index (χ1v) is 11.8. The van der Waals surface area contributed by atoms with Gasteiger partial charge in [0.05, 0.1) is 0 Å². The Morgan fingerprint density at radius 1 is 0.786 bits per heavy atom. The summed E-state index contributed by atoms with van der Waals surface area (Å²) in [7, 11) is -2.59. The predicted octanol–water partition coefficient (Wildman–Crippen LogP) is 5.39. The maximum Gasteiger partial charge on any atom is 0.319 e. The van der Waals surface area contributed by atoms with E-state index in [4.69, 9.17) is 4.43 Å². The van der Waals surface area contributed by atoms with Crippen molar-refractivity contribution >= 4 is 18.7 Å². The summed E-state index contributed by atoms with van der Waals surface area (Å²) in [5.41, 5.74) is 0.997. The maximum absolute atomic E-state index is 7.03. The highest BCUT2D eigenvalue weighted by molar-refractivity contribution is 7.00. The molecule has 142 valence electrons. The van der Waals surface area contributed by atoms with Gasteiger partial charge in [0.25, 0.3) is 0 Å². The predicted molar refractivity (Wildman–Crippen MR) is 122 cm³/mol. The zero-order chi connectivity index (χ0) is 20.0. The molecule has 0 aromatic heterocycles. The van der Waals surface area contributed by atoms with Crippen LogP contribution in [0, 0.1) is 11.8 Å². The number of rotatable bonds is 4. The molecule has 0 aliphatic heterocycles. The quantitative estimate of drug-likeness (QED) is 0.433. The van der Waals surface area contributed by atoms with E-state index in [2.05, 4.69) is 112 Å². The van der Waals surface area contributed by atoms with Gasteiger partial charge in [-0.05, 0) is 33.6 Å². The van der Waals surface area contributed by atoms with E-state index in [0.717, 1.165) is 17.7 Å². The van der Waals surface area contributed by atoms with Crippen LogP contribution >= 0.6 is 0 Å². The molecule has 0 heterocycles. The first-order valence-electron chi connectivity index (χ1n) is 9.86. The van der Waals surface area contributed by atoms with Gasteiger partial charge in [0.1, 0.15) is 5.75 Å². The monoisotopic (exact) mass is 384 g/mol. The third-order valence-electron chi connectivity index (χ3n) is 4.93. The minimum absolute atomic E-state index is 0.0548. The Morgan fingerprint density at radius 3 is 1.86 bits per heavy atom. The van der Waals surface area contributed by atoms with Crippen LogP contribution in [0.15, 0.2) is 84.9 Å². The number of hydrogen-bond acceptors (Lipinski definition) is 1. The van der Waals surface area contributed by atoms with Gasteiger partial charge in [0.15, 0.2) is 0 Å². The van der Waals surface area contributed by atoms with Crippen LogP contribution in [-0.2, 0) is 0 Å². The number of benzene rings is 3. The lowest BCUT2D eigenvalue weighted by atomic mass is 10.2. The van der Waals surface area contributed by atoms with E-state index >= 15 is 0 Å².